The zero-order chi connectivity index (χ0) is 14.7. The summed E-state index contributed by atoms with van der Waals surface area (Å²) in [6.45, 7) is 4.20. The average Bonchev–Trinajstić information content (AvgIpc) is 2.92. The topological polar surface area (TPSA) is 21.3 Å². The summed E-state index contributed by atoms with van der Waals surface area (Å²) in [5, 5.41) is 6.09. The molecular formula is C16H24INOS2. The summed E-state index contributed by atoms with van der Waals surface area (Å²) in [6, 6.07) is 2.86. The summed E-state index contributed by atoms with van der Waals surface area (Å²) < 4.78 is 7.66. The van der Waals surface area contributed by atoms with Crippen LogP contribution in [0, 0.1) is 8.80 Å². The third-order valence-corrected chi connectivity index (χ3v) is 7.57. The van der Waals surface area contributed by atoms with E-state index in [4.69, 9.17) is 4.74 Å². The summed E-state index contributed by atoms with van der Waals surface area (Å²) >= 11 is 6.38. The lowest BCUT2D eigenvalue weighted by Crippen LogP contribution is -2.45. The molecule has 3 rings (SSSR count). The Kier molecular flexibility index (Phi) is 5.92. The van der Waals surface area contributed by atoms with E-state index in [0.717, 1.165) is 13.2 Å². The molecule has 0 aromatic carbocycles. The van der Waals surface area contributed by atoms with Crippen LogP contribution in [0.25, 0.3) is 0 Å². The van der Waals surface area contributed by atoms with E-state index in [1.165, 1.54) is 45.6 Å². The second-order valence-electron chi connectivity index (χ2n) is 6.12. The molecule has 1 spiro atoms. The van der Waals surface area contributed by atoms with E-state index in [9.17, 15) is 0 Å². The van der Waals surface area contributed by atoms with E-state index in [1.807, 2.05) is 11.3 Å². The minimum Gasteiger partial charge on any atom is -0.375 e. The van der Waals surface area contributed by atoms with E-state index in [1.54, 1.807) is 0 Å². The third-order valence-electron chi connectivity index (χ3n) is 4.78. The van der Waals surface area contributed by atoms with Gasteiger partial charge in [-0.25, -0.2) is 0 Å². The first kappa shape index (κ1) is 16.6. The van der Waals surface area contributed by atoms with Crippen molar-refractivity contribution in [1.82, 2.24) is 5.32 Å². The second-order valence-corrected chi connectivity index (χ2v) is 10.1. The third kappa shape index (κ3) is 3.97. The normalized spacial score (nSPS) is 26.9. The van der Waals surface area contributed by atoms with Gasteiger partial charge in [-0.3, -0.25) is 0 Å². The van der Waals surface area contributed by atoms with Gasteiger partial charge in [-0.05, 0) is 89.3 Å². The van der Waals surface area contributed by atoms with Crippen LogP contribution in [0.5, 0.6) is 0 Å². The van der Waals surface area contributed by atoms with Gasteiger partial charge >= 0.3 is 0 Å². The lowest BCUT2D eigenvalue weighted by atomic mass is 9.77. The van der Waals surface area contributed by atoms with Crippen molar-refractivity contribution in [3.05, 3.63) is 19.9 Å². The van der Waals surface area contributed by atoms with Crippen molar-refractivity contribution in [2.75, 3.05) is 24.7 Å². The highest BCUT2D eigenvalue weighted by atomic mass is 127. The van der Waals surface area contributed by atoms with Gasteiger partial charge < -0.3 is 10.1 Å². The predicted octanol–water partition coefficient (Wildman–Crippen LogP) is 4.70. The fourth-order valence-electron chi connectivity index (χ4n) is 3.71. The van der Waals surface area contributed by atoms with E-state index in [0.29, 0.717) is 12.0 Å². The molecular weight excluding hydrogens is 413 g/mol. The van der Waals surface area contributed by atoms with Gasteiger partial charge in [0, 0.05) is 12.6 Å². The molecule has 118 valence electrons. The van der Waals surface area contributed by atoms with Gasteiger partial charge in [0.15, 0.2) is 0 Å². The largest absolute Gasteiger partial charge is 0.375 e. The Morgan fingerprint density at radius 1 is 1.48 bits per heavy atom. The minimum absolute atomic E-state index is 0.186. The van der Waals surface area contributed by atoms with E-state index in [-0.39, 0.29) is 5.60 Å². The Balaban J connectivity index is 1.75. The fraction of sp³-hybridized carbons (Fsp3) is 0.750. The first-order valence-electron chi connectivity index (χ1n) is 7.91. The molecule has 3 heterocycles. The molecule has 2 aliphatic rings. The zero-order valence-electron chi connectivity index (χ0n) is 12.6. The van der Waals surface area contributed by atoms with E-state index in [2.05, 4.69) is 58.0 Å². The molecule has 0 bridgehead atoms. The van der Waals surface area contributed by atoms with Crippen molar-refractivity contribution in [2.45, 2.75) is 44.2 Å². The van der Waals surface area contributed by atoms with Crippen molar-refractivity contribution < 1.29 is 4.74 Å². The van der Waals surface area contributed by atoms with Gasteiger partial charge in [0.2, 0.25) is 0 Å². The van der Waals surface area contributed by atoms with Crippen LogP contribution in [-0.4, -0.2) is 30.3 Å². The fourth-order valence-corrected chi connectivity index (χ4v) is 6.35. The molecule has 2 nitrogen and oxygen atoms in total. The quantitative estimate of drug-likeness (QED) is 0.691. The molecule has 2 fully saturated rings. The van der Waals surface area contributed by atoms with Gasteiger partial charge in [0.1, 0.15) is 0 Å². The maximum Gasteiger partial charge on any atom is 0.0701 e. The zero-order valence-corrected chi connectivity index (χ0v) is 16.4. The number of nitrogens with one attached hydrogen (secondary N) is 1. The molecule has 21 heavy (non-hydrogen) atoms. The number of rotatable bonds is 4. The SMILES string of the molecule is CCNC(c1csc(I)c1)C1CCOC2(CCSCC2)C1. The summed E-state index contributed by atoms with van der Waals surface area (Å²) in [7, 11) is 0. The van der Waals surface area contributed by atoms with Crippen molar-refractivity contribution in [1.29, 1.82) is 0 Å². The Labute approximate surface area is 149 Å². The maximum absolute atomic E-state index is 6.27. The molecule has 2 aliphatic heterocycles. The Bertz CT molecular complexity index is 453. The number of hydrogen-bond acceptors (Lipinski definition) is 4. The standard InChI is InChI=1S/C16H24INOS2/c1-2-18-15(13-9-14(17)21-11-13)12-3-6-19-16(10-12)4-7-20-8-5-16/h9,11-12,15,18H,2-8,10H2,1H3. The van der Waals surface area contributed by atoms with Crippen LogP contribution in [0.1, 0.15) is 44.2 Å². The minimum atomic E-state index is 0.186. The van der Waals surface area contributed by atoms with Gasteiger partial charge in [-0.1, -0.05) is 6.92 Å². The highest BCUT2D eigenvalue weighted by Crippen LogP contribution is 2.44. The first-order chi connectivity index (χ1) is 10.2. The van der Waals surface area contributed by atoms with Crippen molar-refractivity contribution in [3.63, 3.8) is 0 Å². The molecule has 5 heteroatoms. The molecule has 2 unspecified atom stereocenters. The maximum atomic E-state index is 6.27. The first-order valence-corrected chi connectivity index (χ1v) is 11.0. The molecule has 0 aliphatic carbocycles. The van der Waals surface area contributed by atoms with Gasteiger partial charge in [0.05, 0.1) is 8.48 Å². The molecule has 2 saturated heterocycles. The van der Waals surface area contributed by atoms with Crippen LogP contribution in [-0.2, 0) is 4.74 Å². The van der Waals surface area contributed by atoms with Crippen LogP contribution in [0.4, 0.5) is 0 Å². The van der Waals surface area contributed by atoms with Crippen LogP contribution in [0.15, 0.2) is 11.4 Å². The monoisotopic (exact) mass is 437 g/mol. The second kappa shape index (κ2) is 7.51. The summed E-state index contributed by atoms with van der Waals surface area (Å²) in [5.41, 5.74) is 1.67. The number of thioether (sulfide) groups is 1. The summed E-state index contributed by atoms with van der Waals surface area (Å²) in [5.74, 6) is 3.26. The molecule has 0 radical (unpaired) electrons. The predicted molar refractivity (Wildman–Crippen MR) is 101 cm³/mol. The van der Waals surface area contributed by atoms with E-state index < -0.39 is 0 Å². The smallest absolute Gasteiger partial charge is 0.0701 e. The molecule has 0 amide bonds. The number of hydrogen-bond donors (Lipinski definition) is 1. The number of halogens is 1. The Morgan fingerprint density at radius 2 is 2.29 bits per heavy atom. The molecule has 2 atom stereocenters. The lowest BCUT2D eigenvalue weighted by molar-refractivity contribution is -0.107. The summed E-state index contributed by atoms with van der Waals surface area (Å²) in [6.07, 6.45) is 4.92. The molecule has 1 N–H and O–H groups in total. The van der Waals surface area contributed by atoms with Crippen LogP contribution in [0.3, 0.4) is 0 Å². The van der Waals surface area contributed by atoms with Crippen molar-refractivity contribution >= 4 is 45.7 Å². The van der Waals surface area contributed by atoms with Crippen molar-refractivity contribution in [2.24, 2.45) is 5.92 Å². The van der Waals surface area contributed by atoms with E-state index >= 15 is 0 Å². The Hall–Kier alpha value is 0.700. The number of ether oxygens (including phenoxy) is 1. The van der Waals surface area contributed by atoms with Gasteiger partial charge in [0.25, 0.3) is 0 Å². The highest BCUT2D eigenvalue weighted by molar-refractivity contribution is 14.1. The number of thiophene rings is 1. The molecule has 0 saturated carbocycles. The summed E-state index contributed by atoms with van der Waals surface area (Å²) in [4.78, 5) is 0. The van der Waals surface area contributed by atoms with Crippen molar-refractivity contribution in [3.8, 4) is 0 Å². The average molecular weight is 437 g/mol. The van der Waals surface area contributed by atoms with Gasteiger partial charge in [-0.15, -0.1) is 11.3 Å². The van der Waals surface area contributed by atoms with Crippen LogP contribution in [0.2, 0.25) is 0 Å². The lowest BCUT2D eigenvalue weighted by Gasteiger charge is -2.45. The van der Waals surface area contributed by atoms with Crippen LogP contribution < -0.4 is 5.32 Å². The molecule has 1 aromatic rings. The Morgan fingerprint density at radius 3 is 2.95 bits per heavy atom. The van der Waals surface area contributed by atoms with Crippen LogP contribution >= 0.6 is 45.7 Å². The highest BCUT2D eigenvalue weighted by Gasteiger charge is 2.41. The van der Waals surface area contributed by atoms with Gasteiger partial charge in [-0.2, -0.15) is 11.8 Å². The molecule has 1 aromatic heterocycles.